The smallest absolute Gasteiger partial charge is 0.119 e. The highest BCUT2D eigenvalue weighted by Crippen LogP contribution is 2.12. The summed E-state index contributed by atoms with van der Waals surface area (Å²) in [4.78, 5) is 0. The molecule has 0 bridgehead atoms. The fraction of sp³-hybridized carbons (Fsp3) is 0.600. The zero-order valence-electron chi connectivity index (χ0n) is 11.7. The fourth-order valence-electron chi connectivity index (χ4n) is 1.65. The summed E-state index contributed by atoms with van der Waals surface area (Å²) in [6, 6.07) is 8.20. The Morgan fingerprint density at radius 2 is 2.06 bits per heavy atom. The van der Waals surface area contributed by atoms with Crippen LogP contribution in [0.15, 0.2) is 24.3 Å². The summed E-state index contributed by atoms with van der Waals surface area (Å²) < 4.78 is 10.7. The minimum atomic E-state index is 0.613. The van der Waals surface area contributed by atoms with E-state index < -0.39 is 0 Å². The number of ether oxygens (including phenoxy) is 2. The van der Waals surface area contributed by atoms with Gasteiger partial charge in [0.25, 0.3) is 0 Å². The number of rotatable bonds is 9. The van der Waals surface area contributed by atoms with Crippen LogP contribution < -0.4 is 10.1 Å². The van der Waals surface area contributed by atoms with Crippen LogP contribution >= 0.6 is 0 Å². The van der Waals surface area contributed by atoms with Gasteiger partial charge in [0, 0.05) is 13.2 Å². The van der Waals surface area contributed by atoms with Crippen LogP contribution in [0.3, 0.4) is 0 Å². The molecule has 18 heavy (non-hydrogen) atoms. The van der Waals surface area contributed by atoms with Crippen molar-refractivity contribution in [2.45, 2.75) is 20.3 Å². The number of hydrogen-bond acceptors (Lipinski definition) is 3. The number of benzene rings is 1. The van der Waals surface area contributed by atoms with Gasteiger partial charge in [-0.25, -0.2) is 0 Å². The Balaban J connectivity index is 2.06. The highest BCUT2D eigenvalue weighted by molar-refractivity contribution is 5.28. The predicted octanol–water partition coefficient (Wildman–Crippen LogP) is 2.50. The van der Waals surface area contributed by atoms with E-state index in [1.165, 1.54) is 5.56 Å². The van der Waals surface area contributed by atoms with Gasteiger partial charge in [0.15, 0.2) is 0 Å². The zero-order valence-corrected chi connectivity index (χ0v) is 11.7. The molecule has 1 rings (SSSR count). The van der Waals surface area contributed by atoms with Gasteiger partial charge in [0.1, 0.15) is 5.75 Å². The van der Waals surface area contributed by atoms with Gasteiger partial charge in [-0.15, -0.1) is 0 Å². The Bertz CT molecular complexity index is 326. The molecular formula is C15H25NO2. The summed E-state index contributed by atoms with van der Waals surface area (Å²) in [6.45, 7) is 7.84. The van der Waals surface area contributed by atoms with Crippen molar-refractivity contribution in [2.75, 3.05) is 33.4 Å². The molecule has 0 atom stereocenters. The third kappa shape index (κ3) is 6.62. The molecule has 0 spiro atoms. The van der Waals surface area contributed by atoms with Crippen molar-refractivity contribution < 1.29 is 9.47 Å². The van der Waals surface area contributed by atoms with Crippen molar-refractivity contribution in [3.05, 3.63) is 29.8 Å². The van der Waals surface area contributed by atoms with Crippen LogP contribution in [0, 0.1) is 5.92 Å². The molecule has 0 aromatic heterocycles. The molecule has 0 aliphatic rings. The molecule has 3 heteroatoms. The molecule has 0 unspecified atom stereocenters. The van der Waals surface area contributed by atoms with Gasteiger partial charge in [-0.05, 0) is 36.6 Å². The summed E-state index contributed by atoms with van der Waals surface area (Å²) >= 11 is 0. The van der Waals surface area contributed by atoms with E-state index in [9.17, 15) is 0 Å². The number of nitrogens with one attached hydrogen (secondary N) is 1. The van der Waals surface area contributed by atoms with E-state index in [1.54, 1.807) is 7.11 Å². The summed E-state index contributed by atoms with van der Waals surface area (Å²) in [6.07, 6.45) is 1.02. The first-order chi connectivity index (χ1) is 8.72. The van der Waals surface area contributed by atoms with E-state index in [4.69, 9.17) is 9.47 Å². The maximum absolute atomic E-state index is 5.50. The SMILES string of the molecule is COc1cccc(CCNCCOCC(C)C)c1. The molecule has 0 radical (unpaired) electrons. The largest absolute Gasteiger partial charge is 0.497 e. The maximum Gasteiger partial charge on any atom is 0.119 e. The van der Waals surface area contributed by atoms with Crippen molar-refractivity contribution in [2.24, 2.45) is 5.92 Å². The second-order valence-corrected chi connectivity index (χ2v) is 4.82. The van der Waals surface area contributed by atoms with E-state index in [1.807, 2.05) is 12.1 Å². The van der Waals surface area contributed by atoms with Gasteiger partial charge < -0.3 is 14.8 Å². The first kappa shape index (κ1) is 15.0. The lowest BCUT2D eigenvalue weighted by Gasteiger charge is -2.08. The molecule has 0 amide bonds. The Hall–Kier alpha value is -1.06. The first-order valence-electron chi connectivity index (χ1n) is 6.63. The van der Waals surface area contributed by atoms with Gasteiger partial charge in [0.05, 0.1) is 13.7 Å². The van der Waals surface area contributed by atoms with Crippen LogP contribution in [0.5, 0.6) is 5.75 Å². The van der Waals surface area contributed by atoms with E-state index in [-0.39, 0.29) is 0 Å². The molecule has 0 fully saturated rings. The third-order valence-electron chi connectivity index (χ3n) is 2.60. The van der Waals surface area contributed by atoms with Crippen LogP contribution in [0.2, 0.25) is 0 Å². The Morgan fingerprint density at radius 3 is 2.78 bits per heavy atom. The Morgan fingerprint density at radius 1 is 1.22 bits per heavy atom. The molecule has 0 aliphatic heterocycles. The van der Waals surface area contributed by atoms with E-state index >= 15 is 0 Å². The van der Waals surface area contributed by atoms with Gasteiger partial charge >= 0.3 is 0 Å². The van der Waals surface area contributed by atoms with Crippen molar-refractivity contribution in [1.29, 1.82) is 0 Å². The molecule has 0 saturated heterocycles. The second-order valence-electron chi connectivity index (χ2n) is 4.82. The molecular weight excluding hydrogens is 226 g/mol. The van der Waals surface area contributed by atoms with Crippen LogP contribution in [0.4, 0.5) is 0 Å². The minimum Gasteiger partial charge on any atom is -0.497 e. The highest BCUT2D eigenvalue weighted by Gasteiger charge is 1.96. The molecule has 1 N–H and O–H groups in total. The number of hydrogen-bond donors (Lipinski definition) is 1. The predicted molar refractivity (Wildman–Crippen MR) is 75.2 cm³/mol. The highest BCUT2D eigenvalue weighted by atomic mass is 16.5. The molecule has 0 aliphatic carbocycles. The molecule has 1 aromatic rings. The topological polar surface area (TPSA) is 30.5 Å². The minimum absolute atomic E-state index is 0.613. The lowest BCUT2D eigenvalue weighted by molar-refractivity contribution is 0.112. The van der Waals surface area contributed by atoms with Crippen LogP contribution in [-0.4, -0.2) is 33.4 Å². The Kier molecular flexibility index (Phi) is 7.46. The summed E-state index contributed by atoms with van der Waals surface area (Å²) in [5.74, 6) is 1.54. The van der Waals surface area contributed by atoms with Crippen molar-refractivity contribution in [1.82, 2.24) is 5.32 Å². The molecule has 0 heterocycles. The average molecular weight is 251 g/mol. The fourth-order valence-corrected chi connectivity index (χ4v) is 1.65. The number of methoxy groups -OCH3 is 1. The van der Waals surface area contributed by atoms with Crippen molar-refractivity contribution in [3.63, 3.8) is 0 Å². The van der Waals surface area contributed by atoms with E-state index in [2.05, 4.69) is 31.3 Å². The first-order valence-corrected chi connectivity index (χ1v) is 6.63. The van der Waals surface area contributed by atoms with E-state index in [0.29, 0.717) is 5.92 Å². The maximum atomic E-state index is 5.50. The molecule has 102 valence electrons. The summed E-state index contributed by atoms with van der Waals surface area (Å²) in [7, 11) is 1.70. The van der Waals surface area contributed by atoms with Crippen molar-refractivity contribution >= 4 is 0 Å². The monoisotopic (exact) mass is 251 g/mol. The van der Waals surface area contributed by atoms with Gasteiger partial charge in [-0.1, -0.05) is 26.0 Å². The van der Waals surface area contributed by atoms with Crippen molar-refractivity contribution in [3.8, 4) is 5.75 Å². The molecule has 3 nitrogen and oxygen atoms in total. The van der Waals surface area contributed by atoms with Gasteiger partial charge in [0.2, 0.25) is 0 Å². The van der Waals surface area contributed by atoms with Gasteiger partial charge in [-0.3, -0.25) is 0 Å². The van der Waals surface area contributed by atoms with E-state index in [0.717, 1.165) is 38.5 Å². The van der Waals surface area contributed by atoms with Crippen LogP contribution in [0.1, 0.15) is 19.4 Å². The lowest BCUT2D eigenvalue weighted by Crippen LogP contribution is -2.23. The van der Waals surface area contributed by atoms with Crippen LogP contribution in [0.25, 0.3) is 0 Å². The van der Waals surface area contributed by atoms with Crippen LogP contribution in [-0.2, 0) is 11.2 Å². The summed E-state index contributed by atoms with van der Waals surface area (Å²) in [5.41, 5.74) is 1.30. The standard InChI is InChI=1S/C15H25NO2/c1-13(2)12-18-10-9-16-8-7-14-5-4-6-15(11-14)17-3/h4-6,11,13,16H,7-10,12H2,1-3H3. The normalized spacial score (nSPS) is 10.9. The third-order valence-corrected chi connectivity index (χ3v) is 2.60. The quantitative estimate of drug-likeness (QED) is 0.684. The second kappa shape index (κ2) is 8.95. The average Bonchev–Trinajstić information content (AvgIpc) is 2.37. The Labute approximate surface area is 110 Å². The molecule has 0 saturated carbocycles. The summed E-state index contributed by atoms with van der Waals surface area (Å²) in [5, 5.41) is 3.38. The van der Waals surface area contributed by atoms with Gasteiger partial charge in [-0.2, -0.15) is 0 Å². The lowest BCUT2D eigenvalue weighted by atomic mass is 10.1. The zero-order chi connectivity index (χ0) is 13.2. The molecule has 1 aromatic carbocycles.